The van der Waals surface area contributed by atoms with Crippen LogP contribution < -0.4 is 0 Å². The van der Waals surface area contributed by atoms with Gasteiger partial charge in [-0.15, -0.1) is 6.58 Å². The third kappa shape index (κ3) is 2.74. The molecule has 2 saturated heterocycles. The number of aromatic hydroxyl groups is 1. The van der Waals surface area contributed by atoms with Crippen LogP contribution in [-0.2, 0) is 28.7 Å². The van der Waals surface area contributed by atoms with Crippen molar-refractivity contribution in [3.63, 3.8) is 0 Å². The van der Waals surface area contributed by atoms with Crippen molar-refractivity contribution in [2.45, 2.75) is 31.5 Å². The predicted molar refractivity (Wildman–Crippen MR) is 68.9 cm³/mol. The van der Waals surface area contributed by atoms with Gasteiger partial charge in [-0.1, -0.05) is 18.2 Å². The average molecular weight is 246 g/mol. The van der Waals surface area contributed by atoms with E-state index in [1.807, 2.05) is 6.08 Å². The molecule has 3 rings (SSSR count). The molecule has 3 heteroatoms. The number of epoxide rings is 2. The number of allylic oxidation sites excluding steroid dienone is 1. The Morgan fingerprint density at radius 2 is 1.67 bits per heavy atom. The maximum Gasteiger partial charge on any atom is 0.122 e. The Balaban J connectivity index is 1.88. The number of benzene rings is 1. The summed E-state index contributed by atoms with van der Waals surface area (Å²) in [5.74, 6) is 0.425. The normalized spacial score (nSPS) is 24.9. The lowest BCUT2D eigenvalue weighted by Gasteiger charge is -2.11. The van der Waals surface area contributed by atoms with Crippen molar-refractivity contribution in [1.29, 1.82) is 0 Å². The quantitative estimate of drug-likeness (QED) is 0.617. The molecule has 2 atom stereocenters. The smallest absolute Gasteiger partial charge is 0.122 e. The third-order valence-corrected chi connectivity index (χ3v) is 3.41. The molecule has 0 spiro atoms. The Kier molecular flexibility index (Phi) is 3.10. The van der Waals surface area contributed by atoms with Gasteiger partial charge in [0.2, 0.25) is 0 Å². The number of hydrogen-bond acceptors (Lipinski definition) is 3. The molecule has 1 N–H and O–H groups in total. The van der Waals surface area contributed by atoms with Gasteiger partial charge >= 0.3 is 0 Å². The highest BCUT2D eigenvalue weighted by atomic mass is 16.6. The predicted octanol–water partition coefficient (Wildman–Crippen LogP) is 2.00. The van der Waals surface area contributed by atoms with Crippen molar-refractivity contribution < 1.29 is 14.6 Å². The van der Waals surface area contributed by atoms with Gasteiger partial charge in [-0.3, -0.25) is 0 Å². The van der Waals surface area contributed by atoms with Crippen LogP contribution in [0.3, 0.4) is 0 Å². The molecule has 1 aromatic carbocycles. The summed E-state index contributed by atoms with van der Waals surface area (Å²) < 4.78 is 10.5. The lowest BCUT2D eigenvalue weighted by molar-refractivity contribution is 0.394. The largest absolute Gasteiger partial charge is 0.507 e. The third-order valence-electron chi connectivity index (χ3n) is 3.41. The molecule has 0 radical (unpaired) electrons. The molecular formula is C15H18O3. The number of phenols is 1. The second-order valence-corrected chi connectivity index (χ2v) is 5.07. The molecule has 0 saturated carbocycles. The monoisotopic (exact) mass is 246 g/mol. The number of rotatable bonds is 6. The molecule has 18 heavy (non-hydrogen) atoms. The first-order chi connectivity index (χ1) is 8.76. The zero-order chi connectivity index (χ0) is 12.5. The van der Waals surface area contributed by atoms with Crippen molar-refractivity contribution in [2.24, 2.45) is 0 Å². The van der Waals surface area contributed by atoms with Crippen molar-refractivity contribution in [3.05, 3.63) is 41.5 Å². The fourth-order valence-corrected chi connectivity index (χ4v) is 2.29. The van der Waals surface area contributed by atoms with Gasteiger partial charge in [0.05, 0.1) is 25.4 Å². The van der Waals surface area contributed by atoms with E-state index in [0.29, 0.717) is 18.0 Å². The Hall–Kier alpha value is -1.32. The van der Waals surface area contributed by atoms with Gasteiger partial charge < -0.3 is 14.6 Å². The zero-order valence-electron chi connectivity index (χ0n) is 10.4. The molecular weight excluding hydrogens is 228 g/mol. The van der Waals surface area contributed by atoms with Crippen molar-refractivity contribution in [2.75, 3.05) is 13.2 Å². The van der Waals surface area contributed by atoms with Crippen LogP contribution in [0.15, 0.2) is 24.8 Å². The number of hydrogen-bond donors (Lipinski definition) is 1. The van der Waals surface area contributed by atoms with Crippen molar-refractivity contribution in [3.8, 4) is 5.75 Å². The first-order valence-electron chi connectivity index (χ1n) is 6.44. The van der Waals surface area contributed by atoms with Crippen LogP contribution in [0.25, 0.3) is 0 Å². The van der Waals surface area contributed by atoms with Gasteiger partial charge in [-0.2, -0.15) is 0 Å². The number of phenolic OH excluding ortho intramolecular Hbond substituents is 1. The lowest BCUT2D eigenvalue weighted by Crippen LogP contribution is -2.01. The Bertz CT molecular complexity index is 424. The highest BCUT2D eigenvalue weighted by molar-refractivity contribution is 5.45. The van der Waals surface area contributed by atoms with E-state index >= 15 is 0 Å². The van der Waals surface area contributed by atoms with Crippen LogP contribution >= 0.6 is 0 Å². The van der Waals surface area contributed by atoms with Crippen LogP contribution in [-0.4, -0.2) is 30.5 Å². The molecule has 1 aromatic rings. The van der Waals surface area contributed by atoms with E-state index in [1.54, 1.807) is 0 Å². The Morgan fingerprint density at radius 3 is 2.06 bits per heavy atom. The minimum Gasteiger partial charge on any atom is -0.507 e. The van der Waals surface area contributed by atoms with Crippen LogP contribution in [0.1, 0.15) is 16.7 Å². The molecule has 2 aliphatic rings. The van der Waals surface area contributed by atoms with Crippen LogP contribution in [0.5, 0.6) is 5.75 Å². The minimum atomic E-state index is 0.292. The topological polar surface area (TPSA) is 45.3 Å². The Labute approximate surface area is 107 Å². The lowest BCUT2D eigenvalue weighted by atomic mass is 9.96. The summed E-state index contributed by atoms with van der Waals surface area (Å²) in [6, 6.07) is 4.13. The molecule has 0 bridgehead atoms. The summed E-state index contributed by atoms with van der Waals surface area (Å²) in [6.07, 6.45) is 4.91. The molecule has 96 valence electrons. The van der Waals surface area contributed by atoms with Gasteiger partial charge in [0, 0.05) is 12.8 Å². The van der Waals surface area contributed by atoms with Crippen molar-refractivity contribution >= 4 is 0 Å². The summed E-state index contributed by atoms with van der Waals surface area (Å²) >= 11 is 0. The van der Waals surface area contributed by atoms with Gasteiger partial charge in [-0.25, -0.2) is 0 Å². The minimum absolute atomic E-state index is 0.292. The molecule has 3 nitrogen and oxygen atoms in total. The summed E-state index contributed by atoms with van der Waals surface area (Å²) in [4.78, 5) is 0. The van der Waals surface area contributed by atoms with E-state index in [4.69, 9.17) is 9.47 Å². The summed E-state index contributed by atoms with van der Waals surface area (Å²) in [5.41, 5.74) is 3.19. The SMILES string of the molecule is C=CCc1cc(CC2CO2)c(O)c(CC2CO2)c1. The molecule has 0 aromatic heterocycles. The zero-order valence-corrected chi connectivity index (χ0v) is 10.4. The van der Waals surface area contributed by atoms with E-state index in [9.17, 15) is 5.11 Å². The first-order valence-corrected chi connectivity index (χ1v) is 6.44. The number of ether oxygens (including phenoxy) is 2. The van der Waals surface area contributed by atoms with E-state index in [-0.39, 0.29) is 0 Å². The molecule has 2 fully saturated rings. The maximum absolute atomic E-state index is 10.3. The van der Waals surface area contributed by atoms with Gasteiger partial charge in [-0.05, 0) is 23.1 Å². The van der Waals surface area contributed by atoms with Gasteiger partial charge in [0.15, 0.2) is 0 Å². The molecule has 0 amide bonds. The molecule has 2 aliphatic heterocycles. The highest BCUT2D eigenvalue weighted by Crippen LogP contribution is 2.31. The van der Waals surface area contributed by atoms with E-state index in [0.717, 1.165) is 43.6 Å². The van der Waals surface area contributed by atoms with E-state index in [2.05, 4.69) is 18.7 Å². The summed E-state index contributed by atoms with van der Waals surface area (Å²) in [7, 11) is 0. The highest BCUT2D eigenvalue weighted by Gasteiger charge is 2.27. The second kappa shape index (κ2) is 4.75. The van der Waals surface area contributed by atoms with Crippen LogP contribution in [0.4, 0.5) is 0 Å². The fourth-order valence-electron chi connectivity index (χ4n) is 2.29. The Morgan fingerprint density at radius 1 is 1.17 bits per heavy atom. The average Bonchev–Trinajstić information content (AvgIpc) is 3.20. The molecule has 2 heterocycles. The van der Waals surface area contributed by atoms with Gasteiger partial charge in [0.1, 0.15) is 5.75 Å². The van der Waals surface area contributed by atoms with E-state index in [1.165, 1.54) is 5.56 Å². The molecule has 0 aliphatic carbocycles. The molecule has 2 unspecified atom stereocenters. The standard InChI is InChI=1S/C15H18O3/c1-2-3-10-4-11(6-13-8-17-13)15(16)12(5-10)7-14-9-18-14/h2,4-5,13-14,16H,1,3,6-9H2. The second-order valence-electron chi connectivity index (χ2n) is 5.07. The maximum atomic E-state index is 10.3. The first kappa shape index (κ1) is 11.8. The van der Waals surface area contributed by atoms with Crippen LogP contribution in [0.2, 0.25) is 0 Å². The summed E-state index contributed by atoms with van der Waals surface area (Å²) in [5, 5.41) is 10.3. The van der Waals surface area contributed by atoms with Crippen LogP contribution in [0, 0.1) is 0 Å². The van der Waals surface area contributed by atoms with E-state index < -0.39 is 0 Å². The van der Waals surface area contributed by atoms with Crippen molar-refractivity contribution in [1.82, 2.24) is 0 Å². The fraction of sp³-hybridized carbons (Fsp3) is 0.467. The van der Waals surface area contributed by atoms with Gasteiger partial charge in [0.25, 0.3) is 0 Å². The summed E-state index contributed by atoms with van der Waals surface area (Å²) in [6.45, 7) is 5.40.